The van der Waals surface area contributed by atoms with E-state index in [2.05, 4.69) is 31.6 Å². The van der Waals surface area contributed by atoms with Crippen LogP contribution < -0.4 is 33.6 Å². The van der Waals surface area contributed by atoms with E-state index in [9.17, 15) is 24.0 Å². The molecule has 258 valence electrons. The topological polar surface area (TPSA) is 232 Å². The van der Waals surface area contributed by atoms with Crippen molar-refractivity contribution in [3.8, 4) is 0 Å². The summed E-state index contributed by atoms with van der Waals surface area (Å²) in [5.41, 5.74) is 23.5. The SMILES string of the molecule is C[C@@H](NC(=O)[C@@H]1CCCN1C(=O)[C@@H]1C[C@@H]2CCCC[C@@H]2N1C(=O)[C@H](N)CCCN=C(N)N)C(=O)N[C@@H](Cc1ccc(Br)cc1)C(N)=O. The van der Waals surface area contributed by atoms with E-state index >= 15 is 0 Å². The van der Waals surface area contributed by atoms with Crippen LogP contribution >= 0.6 is 15.9 Å². The molecule has 47 heavy (non-hydrogen) atoms. The second-order valence-electron chi connectivity index (χ2n) is 12.9. The van der Waals surface area contributed by atoms with Gasteiger partial charge in [-0.05, 0) is 75.5 Å². The van der Waals surface area contributed by atoms with Gasteiger partial charge in [0.2, 0.25) is 29.5 Å². The highest BCUT2D eigenvalue weighted by atomic mass is 79.9. The molecular formula is C32H48BrN9O5. The fraction of sp³-hybridized carbons (Fsp3) is 0.625. The average Bonchev–Trinajstić information content (AvgIpc) is 3.68. The normalized spacial score (nSPS) is 24.1. The number of benzene rings is 1. The highest BCUT2D eigenvalue weighted by Crippen LogP contribution is 2.41. The number of fused-ring (bicyclic) bond motifs is 1. The molecule has 3 aliphatic rings. The van der Waals surface area contributed by atoms with Gasteiger partial charge in [0.25, 0.3) is 0 Å². The van der Waals surface area contributed by atoms with Crippen molar-refractivity contribution in [2.24, 2.45) is 33.8 Å². The van der Waals surface area contributed by atoms with Crippen LogP contribution in [0, 0.1) is 5.92 Å². The standard InChI is InChI=1S/C32H48BrN9O5/c1-18(28(44)40-23(27(35)43)16-19-10-12-21(33)13-11-19)39-29(45)25-9-5-15-41(25)31(47)26-17-20-6-2-3-8-24(20)42(26)30(46)22(34)7-4-14-38-32(36)37/h10-13,18,20,22-26H,2-9,14-17,34H2,1H3,(H2,35,43)(H,39,45)(H,40,44)(H4,36,37,38)/t18-,20+,22-,23+,24+,25+,26+/m1/s1. The number of nitrogens with one attached hydrogen (secondary N) is 2. The maximum absolute atomic E-state index is 14.1. The summed E-state index contributed by atoms with van der Waals surface area (Å²) in [5.74, 6) is -2.08. The van der Waals surface area contributed by atoms with Gasteiger partial charge in [0.1, 0.15) is 24.2 Å². The Morgan fingerprint density at radius 1 is 0.979 bits per heavy atom. The highest BCUT2D eigenvalue weighted by Gasteiger charge is 2.51. The Kier molecular flexibility index (Phi) is 12.6. The number of nitrogens with two attached hydrogens (primary N) is 4. The number of rotatable bonds is 13. The predicted molar refractivity (Wildman–Crippen MR) is 180 cm³/mol. The molecule has 1 aliphatic carbocycles. The van der Waals surface area contributed by atoms with Crippen LogP contribution in [0.1, 0.15) is 70.3 Å². The lowest BCUT2D eigenvalue weighted by Gasteiger charge is -2.37. The average molecular weight is 719 g/mol. The molecule has 0 radical (unpaired) electrons. The number of primary amides is 1. The molecule has 5 amide bonds. The van der Waals surface area contributed by atoms with Crippen molar-refractivity contribution >= 4 is 51.4 Å². The van der Waals surface area contributed by atoms with E-state index in [4.69, 9.17) is 22.9 Å². The molecule has 3 fully saturated rings. The van der Waals surface area contributed by atoms with Gasteiger partial charge in [-0.2, -0.15) is 0 Å². The van der Waals surface area contributed by atoms with E-state index in [0.717, 1.165) is 35.7 Å². The van der Waals surface area contributed by atoms with Gasteiger partial charge in [-0.3, -0.25) is 29.0 Å². The van der Waals surface area contributed by atoms with Crippen LogP contribution in [0.4, 0.5) is 0 Å². The van der Waals surface area contributed by atoms with E-state index < -0.39 is 47.9 Å². The molecular weight excluding hydrogens is 670 g/mol. The number of carbonyl (C=O) groups is 5. The molecule has 10 N–H and O–H groups in total. The number of aliphatic imine (C=N–C) groups is 1. The molecule has 1 aromatic carbocycles. The first kappa shape index (κ1) is 36.1. The van der Waals surface area contributed by atoms with Crippen molar-refractivity contribution in [2.75, 3.05) is 13.1 Å². The van der Waals surface area contributed by atoms with Gasteiger partial charge in [0.05, 0.1) is 6.04 Å². The summed E-state index contributed by atoms with van der Waals surface area (Å²) in [4.78, 5) is 73.7. The number of carbonyl (C=O) groups excluding carboxylic acids is 5. The fourth-order valence-electron chi connectivity index (χ4n) is 7.08. The molecule has 2 aliphatic heterocycles. The Hall–Kier alpha value is -3.72. The molecule has 15 heteroatoms. The third kappa shape index (κ3) is 9.21. The quantitative estimate of drug-likeness (QED) is 0.0921. The Bertz CT molecular complexity index is 1340. The molecule has 4 rings (SSSR count). The summed E-state index contributed by atoms with van der Waals surface area (Å²) in [5, 5.41) is 5.36. The Labute approximate surface area is 283 Å². The van der Waals surface area contributed by atoms with Gasteiger partial charge in [-0.15, -0.1) is 0 Å². The number of hydrogen-bond acceptors (Lipinski definition) is 7. The van der Waals surface area contributed by atoms with Gasteiger partial charge >= 0.3 is 0 Å². The maximum atomic E-state index is 14.1. The molecule has 14 nitrogen and oxygen atoms in total. The maximum Gasteiger partial charge on any atom is 0.246 e. The molecule has 1 saturated carbocycles. The third-order valence-corrected chi connectivity index (χ3v) is 10.0. The Morgan fingerprint density at radius 3 is 2.36 bits per heavy atom. The lowest BCUT2D eigenvalue weighted by Crippen LogP contribution is -2.58. The van der Waals surface area contributed by atoms with Crippen molar-refractivity contribution in [3.05, 3.63) is 34.3 Å². The molecule has 0 bridgehead atoms. The largest absolute Gasteiger partial charge is 0.370 e. The van der Waals surface area contributed by atoms with Crippen molar-refractivity contribution in [1.29, 1.82) is 0 Å². The minimum Gasteiger partial charge on any atom is -0.370 e. The zero-order valence-corrected chi connectivity index (χ0v) is 28.5. The van der Waals surface area contributed by atoms with Crippen LogP contribution in [0.3, 0.4) is 0 Å². The number of likely N-dealkylation sites (tertiary alicyclic amines) is 2. The minimum atomic E-state index is -0.990. The van der Waals surface area contributed by atoms with E-state index in [1.54, 1.807) is 9.80 Å². The summed E-state index contributed by atoms with van der Waals surface area (Å²) in [7, 11) is 0. The van der Waals surface area contributed by atoms with Crippen LogP contribution in [0.25, 0.3) is 0 Å². The van der Waals surface area contributed by atoms with Gasteiger partial charge in [0.15, 0.2) is 5.96 Å². The summed E-state index contributed by atoms with van der Waals surface area (Å²) < 4.78 is 0.877. The number of hydrogen-bond donors (Lipinski definition) is 6. The zero-order chi connectivity index (χ0) is 34.2. The van der Waals surface area contributed by atoms with E-state index in [1.165, 1.54) is 6.92 Å². The van der Waals surface area contributed by atoms with Crippen LogP contribution in [0.2, 0.25) is 0 Å². The van der Waals surface area contributed by atoms with Crippen LogP contribution in [0.15, 0.2) is 33.7 Å². The summed E-state index contributed by atoms with van der Waals surface area (Å²) in [6.45, 7) is 2.24. The summed E-state index contributed by atoms with van der Waals surface area (Å²) >= 11 is 3.37. The third-order valence-electron chi connectivity index (χ3n) is 9.52. The van der Waals surface area contributed by atoms with Gasteiger partial charge in [-0.25, -0.2) is 0 Å². The van der Waals surface area contributed by atoms with Crippen molar-refractivity contribution in [3.63, 3.8) is 0 Å². The molecule has 7 atom stereocenters. The first-order valence-electron chi connectivity index (χ1n) is 16.5. The predicted octanol–water partition coefficient (Wildman–Crippen LogP) is -0.00200. The molecule has 1 aromatic rings. The first-order chi connectivity index (χ1) is 22.4. The lowest BCUT2D eigenvalue weighted by atomic mass is 9.84. The monoisotopic (exact) mass is 717 g/mol. The molecule has 2 saturated heterocycles. The number of nitrogens with zero attached hydrogens (tertiary/aromatic N) is 3. The second kappa shape index (κ2) is 16.4. The van der Waals surface area contributed by atoms with Gasteiger partial charge < -0.3 is 43.4 Å². The fourth-order valence-corrected chi connectivity index (χ4v) is 7.34. The minimum absolute atomic E-state index is 0.0223. The van der Waals surface area contributed by atoms with E-state index in [-0.39, 0.29) is 36.2 Å². The van der Waals surface area contributed by atoms with Gasteiger partial charge in [-0.1, -0.05) is 40.9 Å². The second-order valence-corrected chi connectivity index (χ2v) is 13.8. The lowest BCUT2D eigenvalue weighted by molar-refractivity contribution is -0.149. The van der Waals surface area contributed by atoms with Crippen molar-refractivity contribution < 1.29 is 24.0 Å². The number of guanidine groups is 1. The van der Waals surface area contributed by atoms with Crippen molar-refractivity contribution in [1.82, 2.24) is 20.4 Å². The molecule has 0 spiro atoms. The van der Waals surface area contributed by atoms with Crippen LogP contribution in [0.5, 0.6) is 0 Å². The Morgan fingerprint density at radius 2 is 1.68 bits per heavy atom. The van der Waals surface area contributed by atoms with Crippen molar-refractivity contribution in [2.45, 2.75) is 107 Å². The summed E-state index contributed by atoms with van der Waals surface area (Å²) in [6.07, 6.45) is 6.42. The summed E-state index contributed by atoms with van der Waals surface area (Å²) in [6, 6.07) is 2.97. The molecule has 0 unspecified atom stereocenters. The Balaban J connectivity index is 1.40. The molecule has 2 heterocycles. The highest BCUT2D eigenvalue weighted by molar-refractivity contribution is 9.10. The van der Waals surface area contributed by atoms with Gasteiger partial charge in [0, 0.05) is 30.0 Å². The zero-order valence-electron chi connectivity index (χ0n) is 26.9. The number of halogens is 1. The van der Waals surface area contributed by atoms with E-state index in [0.29, 0.717) is 45.2 Å². The first-order valence-corrected chi connectivity index (χ1v) is 17.2. The van der Waals surface area contributed by atoms with E-state index in [1.807, 2.05) is 24.3 Å². The van der Waals surface area contributed by atoms with Crippen LogP contribution in [-0.2, 0) is 30.4 Å². The smallest absolute Gasteiger partial charge is 0.246 e. The van der Waals surface area contributed by atoms with Crippen LogP contribution in [-0.4, -0.2) is 94.6 Å². The number of amides is 5. The molecule has 0 aromatic heterocycles.